The Hall–Kier alpha value is -10.4. The lowest BCUT2D eigenvalue weighted by Crippen LogP contribution is -2.62. The fraction of sp³-hybridized carbons (Fsp3) is 0.613. The standard InChI is InChI=1S/C75H117N19O16S/c1-11-42(9)60-72(109)86-48(28-20-30-81-74(77)78)65(102)89-53(35-57(97)98)68(105)85-49(29-21-31-82-75(79)80)66(103)91-58(40(5)6)70(107)87-50(33-44-22-15-13-16-23-44)62(99)46-26-19-27-47(46)63(100)90-54(64(101)83-36-55(76)95)37-111-38-56(96)84-52(34-45-24-17-14-18-25-45)67(104)88-51(32-39(3)4)69(106)93-61(43(10)12-2)73(110)92-59(41(7)8)71(108)94-60/h13-18,22-25,39-43,46-54,58-61H,11-12,19-21,26-38H2,1-10H3,(H2,76,95)(H,83,101)(H,84,96)(H,85,105)(H,86,109)(H,87,107)(H,88,104)(H,89,102)(H,90,100)(H,91,103)(H,92,110)(H,93,106)(H,94,108)(H,97,98)(H4,77,78,81)(H4,79,80,82)/t42-,43-,46?,47+,48-,49-,50-,51-,52-,53-,54-,58-,59-,60-,61-/m0/s1. The van der Waals surface area contributed by atoms with E-state index >= 15 is 4.79 Å². The molecule has 1 aliphatic heterocycles. The van der Waals surface area contributed by atoms with Crippen LogP contribution < -0.4 is 91.6 Å². The first-order valence-electron chi connectivity index (χ1n) is 37.9. The zero-order valence-corrected chi connectivity index (χ0v) is 65.9. The highest BCUT2D eigenvalue weighted by atomic mass is 32.2. The highest BCUT2D eigenvalue weighted by Crippen LogP contribution is 2.34. The van der Waals surface area contributed by atoms with E-state index in [0.717, 1.165) is 11.8 Å². The molecule has 0 bridgehead atoms. The van der Waals surface area contributed by atoms with Crippen LogP contribution in [0.15, 0.2) is 60.7 Å². The Morgan fingerprint density at radius 3 is 1.39 bits per heavy atom. The SMILES string of the molecule is CC[C@H](C)[C@@H]1NC(=O)[C@H](CC(C)C)NC(=O)[C@H](Cc2ccccc2)NC(=O)CSC[C@@H](C(=O)NCC(N)=O)NC(=O)[C@@H]2CCCC2C(=O)[C@H](Cc2ccccc2)NC(=O)[C@H](C(C)C)NC(=O)[C@H](CCCNC(=N)N)NC(=O)[C@H](CC(=O)O)NC(=O)[C@H](CCCNC(=N)N)NC(=O)[C@H]([C@@H](C)CC)NC(=O)[C@H](C(C)C)NC1=O. The molecule has 1 aliphatic carbocycles. The van der Waals surface area contributed by atoms with Crippen molar-refractivity contribution in [2.24, 2.45) is 58.6 Å². The van der Waals surface area contributed by atoms with Crippen LogP contribution in [0, 0.1) is 52.2 Å². The molecule has 0 aromatic heterocycles. The molecule has 2 fully saturated rings. The summed E-state index contributed by atoms with van der Waals surface area (Å²) in [5.74, 6) is -20.5. The third-order valence-electron chi connectivity index (χ3n) is 19.4. The van der Waals surface area contributed by atoms with Gasteiger partial charge in [0.15, 0.2) is 17.7 Å². The summed E-state index contributed by atoms with van der Waals surface area (Å²) in [6.07, 6.45) is -0.502. The number of hydrogen-bond donors (Lipinski definition) is 20. The van der Waals surface area contributed by atoms with Gasteiger partial charge in [-0.25, -0.2) is 0 Å². The number of amides is 13. The van der Waals surface area contributed by atoms with Crippen molar-refractivity contribution in [1.82, 2.24) is 74.4 Å². The molecule has 36 heteroatoms. The Balaban J connectivity index is 1.92. The number of carboxylic acids is 1. The molecule has 13 amide bonds. The summed E-state index contributed by atoms with van der Waals surface area (Å²) in [4.78, 5) is 215. The van der Waals surface area contributed by atoms with Crippen LogP contribution in [-0.2, 0) is 84.8 Å². The Labute approximate surface area is 652 Å². The predicted molar refractivity (Wildman–Crippen MR) is 415 cm³/mol. The van der Waals surface area contributed by atoms with Gasteiger partial charge in [0.25, 0.3) is 0 Å². The molecular weight excluding hydrogens is 1460 g/mol. The van der Waals surface area contributed by atoms with Crippen molar-refractivity contribution in [1.29, 1.82) is 10.8 Å². The third kappa shape index (κ3) is 31.8. The van der Waals surface area contributed by atoms with Crippen LogP contribution in [0.2, 0.25) is 0 Å². The minimum absolute atomic E-state index is 0.0123. The largest absolute Gasteiger partial charge is 0.481 e. The van der Waals surface area contributed by atoms with E-state index in [9.17, 15) is 72.2 Å². The summed E-state index contributed by atoms with van der Waals surface area (Å²) < 4.78 is 0. The number of thioether (sulfide) groups is 1. The zero-order chi connectivity index (χ0) is 82.8. The molecule has 111 heavy (non-hydrogen) atoms. The van der Waals surface area contributed by atoms with Crippen LogP contribution in [0.3, 0.4) is 0 Å². The van der Waals surface area contributed by atoms with Gasteiger partial charge in [0.1, 0.15) is 60.4 Å². The smallest absolute Gasteiger partial charge is 0.305 e. The van der Waals surface area contributed by atoms with Gasteiger partial charge >= 0.3 is 5.97 Å². The van der Waals surface area contributed by atoms with Crippen molar-refractivity contribution < 1.29 is 77.0 Å². The number of Topliss-reactive ketones (excluding diaryl/α,β-unsaturated/α-hetero) is 1. The average molecular weight is 1570 g/mol. The molecule has 2 aromatic carbocycles. The first-order chi connectivity index (χ1) is 52.4. The molecule has 23 N–H and O–H groups in total. The van der Waals surface area contributed by atoms with E-state index in [-0.39, 0.29) is 89.0 Å². The first-order valence-corrected chi connectivity index (χ1v) is 39.1. The molecule has 1 heterocycles. The topological polar surface area (TPSA) is 570 Å². The molecule has 614 valence electrons. The van der Waals surface area contributed by atoms with E-state index in [1.54, 1.807) is 130 Å². The lowest BCUT2D eigenvalue weighted by molar-refractivity contribution is -0.142. The Kier molecular flexibility index (Phi) is 39.3. The summed E-state index contributed by atoms with van der Waals surface area (Å²) >= 11 is 0.875. The minimum atomic E-state index is -1.98. The van der Waals surface area contributed by atoms with Crippen LogP contribution in [0.5, 0.6) is 0 Å². The summed E-state index contributed by atoms with van der Waals surface area (Å²) in [5.41, 5.74) is 17.7. The second-order valence-corrected chi connectivity index (χ2v) is 30.5. The first kappa shape index (κ1) is 93.0. The van der Waals surface area contributed by atoms with Gasteiger partial charge in [-0.2, -0.15) is 0 Å². The molecule has 15 atom stereocenters. The molecule has 2 aromatic rings. The highest BCUT2D eigenvalue weighted by Gasteiger charge is 2.44. The fourth-order valence-electron chi connectivity index (χ4n) is 12.8. The number of carbonyl (C=O) groups is 15. The fourth-order valence-corrected chi connectivity index (χ4v) is 13.6. The molecule has 1 saturated carbocycles. The van der Waals surface area contributed by atoms with Crippen molar-refractivity contribution in [3.63, 3.8) is 0 Å². The van der Waals surface area contributed by atoms with Crippen molar-refractivity contribution in [3.8, 4) is 0 Å². The summed E-state index contributed by atoms with van der Waals surface area (Å²) in [6.45, 7) is 16.2. The number of guanidine groups is 2. The van der Waals surface area contributed by atoms with Gasteiger partial charge in [-0.1, -0.05) is 149 Å². The molecule has 0 spiro atoms. The molecule has 4 rings (SSSR count). The number of rotatable bonds is 25. The van der Waals surface area contributed by atoms with Crippen molar-refractivity contribution in [3.05, 3.63) is 71.8 Å². The van der Waals surface area contributed by atoms with E-state index in [0.29, 0.717) is 24.0 Å². The monoisotopic (exact) mass is 1570 g/mol. The lowest BCUT2D eigenvalue weighted by atomic mass is 9.85. The molecular formula is C75H117N19O16S. The third-order valence-corrected chi connectivity index (χ3v) is 20.4. The number of ketones is 1. The summed E-state index contributed by atoms with van der Waals surface area (Å²) in [5, 5.41) is 62.8. The maximum atomic E-state index is 15.2. The van der Waals surface area contributed by atoms with E-state index in [2.05, 4.69) is 74.4 Å². The molecule has 35 nitrogen and oxygen atoms in total. The number of carbonyl (C=O) groups excluding carboxylic acids is 14. The van der Waals surface area contributed by atoms with E-state index < -0.39 is 221 Å². The van der Waals surface area contributed by atoms with Crippen molar-refractivity contribution in [2.45, 2.75) is 219 Å². The quantitative estimate of drug-likeness (QED) is 0.0308. The van der Waals surface area contributed by atoms with E-state index in [1.165, 1.54) is 0 Å². The second-order valence-electron chi connectivity index (χ2n) is 29.5. The molecule has 2 aliphatic rings. The predicted octanol–water partition coefficient (Wildman–Crippen LogP) is -1.41. The normalized spacial score (nSPS) is 25.3. The van der Waals surface area contributed by atoms with Crippen LogP contribution in [-0.4, -0.2) is 203 Å². The Bertz CT molecular complexity index is 3560. The number of primary amides is 1. The zero-order valence-electron chi connectivity index (χ0n) is 65.1. The minimum Gasteiger partial charge on any atom is -0.481 e. The van der Waals surface area contributed by atoms with Gasteiger partial charge in [0.05, 0.1) is 24.8 Å². The number of benzene rings is 2. The number of fused-ring (bicyclic) bond motifs is 1. The van der Waals surface area contributed by atoms with Crippen molar-refractivity contribution in [2.75, 3.05) is 31.1 Å². The van der Waals surface area contributed by atoms with Gasteiger partial charge in [-0.15, -0.1) is 11.8 Å². The molecule has 1 unspecified atom stereocenters. The van der Waals surface area contributed by atoms with Gasteiger partial charge in [0.2, 0.25) is 76.8 Å². The van der Waals surface area contributed by atoms with E-state index in [4.69, 9.17) is 28.0 Å². The summed E-state index contributed by atoms with van der Waals surface area (Å²) in [6, 6.07) is 0.933. The van der Waals surface area contributed by atoms with Crippen LogP contribution >= 0.6 is 11.8 Å². The van der Waals surface area contributed by atoms with Crippen LogP contribution in [0.25, 0.3) is 0 Å². The number of carboxylic acid groups (broad SMARTS) is 1. The average Bonchev–Trinajstić information content (AvgIpc) is 1.76. The number of hydrogen-bond acceptors (Lipinski definition) is 18. The van der Waals surface area contributed by atoms with Gasteiger partial charge in [-0.05, 0) is 92.1 Å². The highest BCUT2D eigenvalue weighted by molar-refractivity contribution is 8.00. The number of aliphatic carboxylic acids is 1. The maximum Gasteiger partial charge on any atom is 0.305 e. The van der Waals surface area contributed by atoms with Gasteiger partial charge < -0.3 is 96.7 Å². The Morgan fingerprint density at radius 2 is 0.892 bits per heavy atom. The van der Waals surface area contributed by atoms with Crippen LogP contribution in [0.1, 0.15) is 151 Å². The number of nitrogens with one attached hydrogen (secondary N) is 16. The number of nitrogens with two attached hydrogens (primary N) is 3. The van der Waals surface area contributed by atoms with E-state index in [1.807, 2.05) is 0 Å². The second kappa shape index (κ2) is 46.9. The van der Waals surface area contributed by atoms with Gasteiger partial charge in [-0.3, -0.25) is 82.7 Å². The lowest BCUT2D eigenvalue weighted by Gasteiger charge is -2.32. The van der Waals surface area contributed by atoms with Crippen LogP contribution in [0.4, 0.5) is 0 Å². The molecule has 0 radical (unpaired) electrons. The van der Waals surface area contributed by atoms with Gasteiger partial charge in [0, 0.05) is 37.1 Å². The van der Waals surface area contributed by atoms with Crippen molar-refractivity contribution >= 4 is 112 Å². The maximum absolute atomic E-state index is 15.2. The molecule has 1 saturated heterocycles. The Morgan fingerprint density at radius 1 is 0.486 bits per heavy atom. The summed E-state index contributed by atoms with van der Waals surface area (Å²) in [7, 11) is 0.